The SMILES string of the molecule is C=C(C)[C@@H]1CC[C@]2(C(=O)OC)CC[C@]3(C)[C@H](CC[C@@H]4[C@@]5(C)CC=C(c6cccc(C(=O)O)c6)C(C)(C)[C@@H]5CC[C@]43C)[C@@H]12. The van der Waals surface area contributed by atoms with Crippen molar-refractivity contribution in [1.82, 2.24) is 0 Å². The summed E-state index contributed by atoms with van der Waals surface area (Å²) in [7, 11) is 1.58. The molecule has 1 N–H and O–H groups in total. The van der Waals surface area contributed by atoms with E-state index in [0.717, 1.165) is 37.7 Å². The zero-order valence-corrected chi connectivity index (χ0v) is 27.0. The van der Waals surface area contributed by atoms with Crippen LogP contribution in [-0.4, -0.2) is 24.2 Å². The lowest BCUT2D eigenvalue weighted by Gasteiger charge is -2.72. The number of aromatic carboxylic acids is 1. The summed E-state index contributed by atoms with van der Waals surface area (Å²) in [5.74, 6) is 1.56. The zero-order valence-electron chi connectivity index (χ0n) is 27.0. The Labute approximate surface area is 253 Å². The minimum absolute atomic E-state index is 0.0277. The van der Waals surface area contributed by atoms with Crippen molar-refractivity contribution in [2.45, 2.75) is 99.3 Å². The van der Waals surface area contributed by atoms with Crippen LogP contribution in [0.4, 0.5) is 0 Å². The summed E-state index contributed by atoms with van der Waals surface area (Å²) < 4.78 is 5.54. The van der Waals surface area contributed by atoms with Crippen molar-refractivity contribution in [3.63, 3.8) is 0 Å². The molecule has 5 aliphatic carbocycles. The summed E-state index contributed by atoms with van der Waals surface area (Å²) in [6.07, 6.45) is 12.4. The fourth-order valence-corrected chi connectivity index (χ4v) is 12.6. The van der Waals surface area contributed by atoms with E-state index in [1.165, 1.54) is 36.8 Å². The molecule has 4 nitrogen and oxygen atoms in total. The highest BCUT2D eigenvalue weighted by molar-refractivity contribution is 5.89. The normalized spacial score (nSPS) is 43.6. The van der Waals surface area contributed by atoms with Crippen LogP contribution in [0.5, 0.6) is 0 Å². The van der Waals surface area contributed by atoms with E-state index in [4.69, 9.17) is 4.74 Å². The lowest BCUT2D eigenvalue weighted by molar-refractivity contribution is -0.228. The molecule has 228 valence electrons. The van der Waals surface area contributed by atoms with Crippen LogP contribution in [0.2, 0.25) is 0 Å². The molecule has 42 heavy (non-hydrogen) atoms. The summed E-state index contributed by atoms with van der Waals surface area (Å²) in [6, 6.07) is 7.55. The molecule has 0 aliphatic heterocycles. The molecule has 0 bridgehead atoms. The topological polar surface area (TPSA) is 63.6 Å². The first-order valence-electron chi connectivity index (χ1n) is 16.5. The van der Waals surface area contributed by atoms with Gasteiger partial charge in [-0.3, -0.25) is 4.79 Å². The van der Waals surface area contributed by atoms with Gasteiger partial charge >= 0.3 is 11.9 Å². The van der Waals surface area contributed by atoms with Crippen molar-refractivity contribution < 1.29 is 19.4 Å². The maximum absolute atomic E-state index is 13.5. The highest BCUT2D eigenvalue weighted by Crippen LogP contribution is 2.77. The smallest absolute Gasteiger partial charge is 0.335 e. The summed E-state index contributed by atoms with van der Waals surface area (Å²) in [4.78, 5) is 25.3. The summed E-state index contributed by atoms with van der Waals surface area (Å²) in [5.41, 5.74) is 4.14. The van der Waals surface area contributed by atoms with Crippen LogP contribution in [0.3, 0.4) is 0 Å². The van der Waals surface area contributed by atoms with Gasteiger partial charge in [0.25, 0.3) is 0 Å². The van der Waals surface area contributed by atoms with Gasteiger partial charge in [-0.05, 0) is 139 Å². The summed E-state index contributed by atoms with van der Waals surface area (Å²) in [5, 5.41) is 9.66. The fourth-order valence-electron chi connectivity index (χ4n) is 12.6. The number of ether oxygens (including phenoxy) is 1. The molecule has 0 radical (unpaired) electrons. The number of hydrogen-bond donors (Lipinski definition) is 1. The monoisotopic (exact) mass is 572 g/mol. The molecule has 4 heteroatoms. The molecule has 0 saturated heterocycles. The van der Waals surface area contributed by atoms with Gasteiger partial charge in [0.15, 0.2) is 0 Å². The Balaban J connectivity index is 1.38. The molecular formula is C38H52O4. The van der Waals surface area contributed by atoms with Crippen LogP contribution in [0.15, 0.2) is 42.5 Å². The third kappa shape index (κ3) is 3.71. The van der Waals surface area contributed by atoms with Gasteiger partial charge in [-0.15, -0.1) is 0 Å². The lowest BCUT2D eigenvalue weighted by atomic mass is 9.32. The Morgan fingerprint density at radius 3 is 2.33 bits per heavy atom. The zero-order chi connectivity index (χ0) is 30.5. The Bertz CT molecular complexity index is 1350. The minimum atomic E-state index is -0.866. The number of carbonyl (C=O) groups is 2. The van der Waals surface area contributed by atoms with Gasteiger partial charge in [-0.1, -0.05) is 65.0 Å². The average molecular weight is 573 g/mol. The molecule has 6 rings (SSSR count). The van der Waals surface area contributed by atoms with E-state index in [9.17, 15) is 14.7 Å². The van der Waals surface area contributed by atoms with Gasteiger partial charge in [-0.2, -0.15) is 0 Å². The molecule has 0 amide bonds. The molecule has 0 heterocycles. The van der Waals surface area contributed by atoms with Gasteiger partial charge < -0.3 is 9.84 Å². The van der Waals surface area contributed by atoms with Crippen LogP contribution in [-0.2, 0) is 9.53 Å². The van der Waals surface area contributed by atoms with Crippen molar-refractivity contribution >= 4 is 17.5 Å². The van der Waals surface area contributed by atoms with Gasteiger partial charge in [0.05, 0.1) is 18.1 Å². The Kier molecular flexibility index (Phi) is 6.77. The third-order valence-corrected chi connectivity index (χ3v) is 14.7. The van der Waals surface area contributed by atoms with E-state index in [-0.39, 0.29) is 33.0 Å². The maximum Gasteiger partial charge on any atom is 0.335 e. The second-order valence-electron chi connectivity index (χ2n) is 16.3. The fraction of sp³-hybridized carbons (Fsp3) is 0.684. The minimum Gasteiger partial charge on any atom is -0.478 e. The van der Waals surface area contributed by atoms with Crippen molar-refractivity contribution in [1.29, 1.82) is 0 Å². The molecule has 1 aromatic rings. The van der Waals surface area contributed by atoms with Crippen LogP contribution in [0, 0.1) is 56.7 Å². The van der Waals surface area contributed by atoms with Crippen LogP contribution < -0.4 is 0 Å². The van der Waals surface area contributed by atoms with Crippen LogP contribution in [0.25, 0.3) is 5.57 Å². The number of hydrogen-bond acceptors (Lipinski definition) is 3. The highest BCUT2D eigenvalue weighted by atomic mass is 16.5. The Hall–Kier alpha value is -2.36. The van der Waals surface area contributed by atoms with E-state index in [2.05, 4.69) is 60.3 Å². The molecule has 1 aromatic carbocycles. The first kappa shape index (κ1) is 29.7. The second-order valence-corrected chi connectivity index (χ2v) is 16.3. The third-order valence-electron chi connectivity index (χ3n) is 14.7. The quantitative estimate of drug-likeness (QED) is 0.289. The molecule has 4 saturated carbocycles. The number of benzene rings is 1. The standard InChI is InChI=1S/C38H52O4/c1-23(2)26-14-19-38(33(41)42-8)21-20-36(6)28(31(26)38)12-13-30-35(5)17-15-27(24-10-9-11-25(22-24)32(39)40)34(3,4)29(35)16-18-37(30,36)7/h9-11,15,22,26,28-31H,1,12-14,16-21H2,2-8H3,(H,39,40)/t26-,28+,29-,30+,31+,35-,36+,37+,38-/m0/s1. The summed E-state index contributed by atoms with van der Waals surface area (Å²) >= 11 is 0. The van der Waals surface area contributed by atoms with Crippen molar-refractivity contribution in [3.8, 4) is 0 Å². The van der Waals surface area contributed by atoms with E-state index in [1.807, 2.05) is 12.1 Å². The number of fused-ring (bicyclic) bond motifs is 7. The molecular weight excluding hydrogens is 520 g/mol. The lowest BCUT2D eigenvalue weighted by Crippen LogP contribution is -2.66. The van der Waals surface area contributed by atoms with Crippen molar-refractivity contribution in [2.75, 3.05) is 7.11 Å². The predicted molar refractivity (Wildman–Crippen MR) is 168 cm³/mol. The van der Waals surface area contributed by atoms with E-state index in [1.54, 1.807) is 13.2 Å². The highest BCUT2D eigenvalue weighted by Gasteiger charge is 2.71. The van der Waals surface area contributed by atoms with Gasteiger partial charge in [0.1, 0.15) is 0 Å². The van der Waals surface area contributed by atoms with Crippen LogP contribution in [0.1, 0.15) is 115 Å². The van der Waals surface area contributed by atoms with Gasteiger partial charge in [-0.25, -0.2) is 4.79 Å². The molecule has 0 spiro atoms. The number of carboxylic acids is 1. The van der Waals surface area contributed by atoms with E-state index < -0.39 is 5.97 Å². The van der Waals surface area contributed by atoms with Gasteiger partial charge in [0.2, 0.25) is 0 Å². The number of carbonyl (C=O) groups excluding carboxylic acids is 1. The average Bonchev–Trinajstić information content (AvgIpc) is 3.34. The number of carboxylic acid groups (broad SMARTS) is 1. The largest absolute Gasteiger partial charge is 0.478 e. The van der Waals surface area contributed by atoms with E-state index >= 15 is 0 Å². The molecule has 0 unspecified atom stereocenters. The predicted octanol–water partition coefficient (Wildman–Crippen LogP) is 9.21. The second kappa shape index (κ2) is 9.57. The molecule has 9 atom stereocenters. The number of rotatable bonds is 4. The van der Waals surface area contributed by atoms with Gasteiger partial charge in [0, 0.05) is 0 Å². The maximum atomic E-state index is 13.5. The summed E-state index contributed by atoms with van der Waals surface area (Å²) in [6.45, 7) is 19.3. The van der Waals surface area contributed by atoms with E-state index in [0.29, 0.717) is 35.2 Å². The number of methoxy groups -OCH3 is 1. The molecule has 5 aliphatic rings. The number of allylic oxidation sites excluding steroid dienone is 3. The number of esters is 1. The Morgan fingerprint density at radius 1 is 0.929 bits per heavy atom. The van der Waals surface area contributed by atoms with Crippen LogP contribution >= 0.6 is 0 Å². The van der Waals surface area contributed by atoms with Crippen molar-refractivity contribution in [2.24, 2.45) is 56.7 Å². The first-order valence-corrected chi connectivity index (χ1v) is 16.5. The first-order chi connectivity index (χ1) is 19.7. The Morgan fingerprint density at radius 2 is 1.67 bits per heavy atom. The molecule has 0 aromatic heterocycles. The van der Waals surface area contributed by atoms with Crippen molar-refractivity contribution in [3.05, 3.63) is 53.6 Å². The molecule has 4 fully saturated rings.